The smallest absolute Gasteiger partial charge is 0.331 e. The number of allylic oxidation sites excluding steroid dienone is 7. The first-order valence-electron chi connectivity index (χ1n) is 13.7. The normalized spacial score (nSPS) is 40.6. The number of aliphatic hydroxyl groups is 6. The Morgan fingerprint density at radius 2 is 1.57 bits per heavy atom. The molecule has 6 N–H and O–H groups in total. The van der Waals surface area contributed by atoms with Crippen LogP contribution in [0.25, 0.3) is 0 Å². The van der Waals surface area contributed by atoms with Gasteiger partial charge in [-0.05, 0) is 39.0 Å². The van der Waals surface area contributed by atoms with Crippen LogP contribution in [0.15, 0.2) is 72.9 Å². The lowest BCUT2D eigenvalue weighted by molar-refractivity contribution is -0.307. The molecule has 0 radical (unpaired) electrons. The third-order valence-electron chi connectivity index (χ3n) is 6.38. The number of hydrogen-bond donors (Lipinski definition) is 6. The zero-order valence-electron chi connectivity index (χ0n) is 22.9. The van der Waals surface area contributed by atoms with Gasteiger partial charge in [0.15, 0.2) is 6.29 Å². The number of hydrogen-bond acceptors (Lipinski definition) is 10. The minimum Gasteiger partial charge on any atom is -0.460 e. The number of aliphatic hydroxyl groups excluding tert-OH is 6. The Balaban J connectivity index is 2.12. The zero-order chi connectivity index (χ0) is 29.3. The average molecular weight is 565 g/mol. The predicted molar refractivity (Wildman–Crippen MR) is 149 cm³/mol. The van der Waals surface area contributed by atoms with Crippen molar-refractivity contribution < 1.29 is 49.6 Å². The van der Waals surface area contributed by atoms with E-state index >= 15 is 0 Å². The van der Waals surface area contributed by atoms with Crippen LogP contribution in [0.3, 0.4) is 0 Å². The number of rotatable bonds is 3. The molecular weight excluding hydrogens is 520 g/mol. The van der Waals surface area contributed by atoms with Gasteiger partial charge in [-0.25, -0.2) is 4.79 Å². The summed E-state index contributed by atoms with van der Waals surface area (Å²) in [5.41, 5.74) is 0. The summed E-state index contributed by atoms with van der Waals surface area (Å²) >= 11 is 0. The maximum atomic E-state index is 12.1. The molecule has 0 aromatic rings. The van der Waals surface area contributed by atoms with Gasteiger partial charge in [0.2, 0.25) is 0 Å². The van der Waals surface area contributed by atoms with Crippen LogP contribution in [-0.4, -0.2) is 98.3 Å². The Morgan fingerprint density at radius 3 is 2.35 bits per heavy atom. The molecule has 224 valence electrons. The number of cyclic esters (lactones) is 1. The molecule has 2 heterocycles. The monoisotopic (exact) mass is 564 g/mol. The Morgan fingerprint density at radius 1 is 0.875 bits per heavy atom. The van der Waals surface area contributed by atoms with Crippen LogP contribution in [0.5, 0.6) is 0 Å². The second-order valence-electron chi connectivity index (χ2n) is 9.89. The first-order valence-corrected chi connectivity index (χ1v) is 13.7. The van der Waals surface area contributed by atoms with Crippen molar-refractivity contribution in [3.05, 3.63) is 72.9 Å². The molecule has 2 aliphatic heterocycles. The van der Waals surface area contributed by atoms with E-state index in [2.05, 4.69) is 0 Å². The first-order chi connectivity index (χ1) is 19.2. The van der Waals surface area contributed by atoms with E-state index in [9.17, 15) is 35.4 Å². The third-order valence-corrected chi connectivity index (χ3v) is 6.38. The van der Waals surface area contributed by atoms with Crippen LogP contribution in [0.4, 0.5) is 0 Å². The van der Waals surface area contributed by atoms with Crippen molar-refractivity contribution in [2.24, 2.45) is 0 Å². The largest absolute Gasteiger partial charge is 0.460 e. The van der Waals surface area contributed by atoms with Crippen molar-refractivity contribution >= 4 is 5.97 Å². The van der Waals surface area contributed by atoms with Gasteiger partial charge < -0.3 is 44.8 Å². The second kappa shape index (κ2) is 18.8. The fourth-order valence-corrected chi connectivity index (χ4v) is 4.10. The Hall–Kier alpha value is -2.41. The molecule has 0 aromatic carbocycles. The lowest BCUT2D eigenvalue weighted by Gasteiger charge is -2.40. The average Bonchev–Trinajstić information content (AvgIpc) is 2.91. The summed E-state index contributed by atoms with van der Waals surface area (Å²) in [7, 11) is 0. The molecule has 10 heteroatoms. The van der Waals surface area contributed by atoms with Crippen molar-refractivity contribution in [3.63, 3.8) is 0 Å². The summed E-state index contributed by atoms with van der Waals surface area (Å²) in [4.78, 5) is 12.1. The van der Waals surface area contributed by atoms with Gasteiger partial charge in [-0.3, -0.25) is 0 Å². The molecule has 0 aliphatic carbocycles. The highest BCUT2D eigenvalue weighted by Gasteiger charge is 2.44. The summed E-state index contributed by atoms with van der Waals surface area (Å²) in [6, 6.07) is 0. The van der Waals surface area contributed by atoms with Crippen molar-refractivity contribution in [2.75, 3.05) is 6.61 Å². The van der Waals surface area contributed by atoms with Gasteiger partial charge in [0, 0.05) is 12.5 Å². The third kappa shape index (κ3) is 12.8. The first kappa shape index (κ1) is 33.8. The van der Waals surface area contributed by atoms with Crippen LogP contribution in [0.1, 0.15) is 45.4 Å². The van der Waals surface area contributed by atoms with Crippen molar-refractivity contribution in [2.45, 2.75) is 101 Å². The van der Waals surface area contributed by atoms with Gasteiger partial charge in [0.1, 0.15) is 24.4 Å². The molecule has 10 nitrogen and oxygen atoms in total. The number of carbonyl (C=O) groups is 1. The molecule has 40 heavy (non-hydrogen) atoms. The topological polar surface area (TPSA) is 166 Å². The minimum absolute atomic E-state index is 0.183. The molecule has 0 saturated carbocycles. The number of esters is 1. The standard InChI is InChI=1S/C30H44O10/c1-21-13-7-3-2-4-8-14-22(32)19-23(33)15-9-5-10-16-24(17-11-6-12-18-26(34)38-21)39-30-29(37)28(36)27(35)25(20-31)40-30/h2,4-6,8-12,14,16,18,21-25,27-33,35-37H,3,7,13,15,17,19-20H2,1H3/b4-2+,9-5-,11-6+,14-8+,16-10+,18-12-/t21?,22?,23?,24?,25-,27-,28+,29-,30-/m0/s1. The fourth-order valence-electron chi connectivity index (χ4n) is 4.10. The van der Waals surface area contributed by atoms with Gasteiger partial charge in [0.25, 0.3) is 0 Å². The summed E-state index contributed by atoms with van der Waals surface area (Å²) in [5.74, 6) is -0.458. The van der Waals surface area contributed by atoms with E-state index in [1.165, 1.54) is 6.08 Å². The zero-order valence-corrected chi connectivity index (χ0v) is 22.9. The Bertz CT molecular complexity index is 906. The predicted octanol–water partition coefficient (Wildman–Crippen LogP) is 1.52. The number of ether oxygens (including phenoxy) is 3. The summed E-state index contributed by atoms with van der Waals surface area (Å²) in [6.45, 7) is 1.26. The maximum Gasteiger partial charge on any atom is 0.331 e. The molecule has 0 spiro atoms. The molecule has 9 atom stereocenters. The molecular formula is C30H44O10. The highest BCUT2D eigenvalue weighted by Crippen LogP contribution is 2.24. The summed E-state index contributed by atoms with van der Waals surface area (Å²) in [5, 5.41) is 60.2. The van der Waals surface area contributed by atoms with Crippen molar-refractivity contribution in [1.29, 1.82) is 0 Å². The van der Waals surface area contributed by atoms with Gasteiger partial charge >= 0.3 is 5.97 Å². The Kier molecular flexibility index (Phi) is 15.9. The summed E-state index contributed by atoms with van der Waals surface area (Å²) < 4.78 is 16.7. The van der Waals surface area contributed by atoms with Gasteiger partial charge in [-0.2, -0.15) is 0 Å². The SMILES string of the molecule is CC1CCC/C=C/C=C/C(O)CC(O)C/C=C\C=C\C(O[C@H]2O[C@@H](CO)[C@H](O)[C@@H](O)[C@@H]2O)C/C=C/C=C\C(=O)O1. The molecule has 1 fully saturated rings. The van der Waals surface area contributed by atoms with E-state index in [1.807, 2.05) is 19.1 Å². The molecule has 0 aromatic heterocycles. The van der Waals surface area contributed by atoms with Crippen LogP contribution in [0, 0.1) is 0 Å². The molecule has 4 unspecified atom stereocenters. The van der Waals surface area contributed by atoms with Crippen molar-refractivity contribution in [3.8, 4) is 0 Å². The van der Waals surface area contributed by atoms with Crippen LogP contribution in [-0.2, 0) is 19.0 Å². The van der Waals surface area contributed by atoms with Crippen LogP contribution < -0.4 is 0 Å². The molecule has 1 saturated heterocycles. The quantitative estimate of drug-likeness (QED) is 0.277. The fraction of sp³-hybridized carbons (Fsp3) is 0.567. The summed E-state index contributed by atoms with van der Waals surface area (Å²) in [6.07, 6.45) is 13.9. The maximum absolute atomic E-state index is 12.1. The Labute approximate surface area is 235 Å². The van der Waals surface area contributed by atoms with Gasteiger partial charge in [0.05, 0.1) is 31.0 Å². The van der Waals surface area contributed by atoms with E-state index in [0.717, 1.165) is 12.8 Å². The molecule has 2 aliphatic rings. The molecule has 0 bridgehead atoms. The lowest BCUT2D eigenvalue weighted by Crippen LogP contribution is -2.59. The van der Waals surface area contributed by atoms with Gasteiger partial charge in [-0.1, -0.05) is 66.8 Å². The van der Waals surface area contributed by atoms with E-state index in [0.29, 0.717) is 19.3 Å². The van der Waals surface area contributed by atoms with E-state index in [4.69, 9.17) is 14.2 Å². The number of carbonyl (C=O) groups excluding carboxylic acids is 1. The van der Waals surface area contributed by atoms with Crippen molar-refractivity contribution in [1.82, 2.24) is 0 Å². The van der Waals surface area contributed by atoms with E-state index < -0.39 is 61.6 Å². The van der Waals surface area contributed by atoms with E-state index in [-0.39, 0.29) is 12.5 Å². The molecule has 0 amide bonds. The van der Waals surface area contributed by atoms with Crippen LogP contribution in [0.2, 0.25) is 0 Å². The highest BCUT2D eigenvalue weighted by molar-refractivity contribution is 5.82. The van der Waals surface area contributed by atoms with Gasteiger partial charge in [-0.15, -0.1) is 0 Å². The lowest BCUT2D eigenvalue weighted by atomic mass is 9.99. The highest BCUT2D eigenvalue weighted by atomic mass is 16.7. The second-order valence-corrected chi connectivity index (χ2v) is 9.89. The molecule has 2 rings (SSSR count). The van der Waals surface area contributed by atoms with Crippen LogP contribution >= 0.6 is 0 Å². The minimum atomic E-state index is -1.57. The van der Waals surface area contributed by atoms with E-state index in [1.54, 1.807) is 54.7 Å².